The summed E-state index contributed by atoms with van der Waals surface area (Å²) in [5, 5.41) is 13.5. The van der Waals surface area contributed by atoms with Gasteiger partial charge >= 0.3 is 0 Å². The van der Waals surface area contributed by atoms with Crippen molar-refractivity contribution >= 4 is 33.0 Å². The lowest BCUT2D eigenvalue weighted by Crippen LogP contribution is -2.18. The largest absolute Gasteiger partial charge is 0.322 e. The zero-order valence-corrected chi connectivity index (χ0v) is 16.1. The summed E-state index contributed by atoms with van der Waals surface area (Å²) in [6.45, 7) is 1.89. The molecule has 8 nitrogen and oxygen atoms in total. The highest BCUT2D eigenvalue weighted by Gasteiger charge is 2.19. The van der Waals surface area contributed by atoms with Crippen LogP contribution in [0.2, 0.25) is 0 Å². The molecule has 0 aliphatic carbocycles. The lowest BCUT2D eigenvalue weighted by Gasteiger charge is -2.13. The number of nitrogens with one attached hydrogen (secondary N) is 2. The van der Waals surface area contributed by atoms with Gasteiger partial charge in [0.25, 0.3) is 21.6 Å². The van der Waals surface area contributed by atoms with E-state index in [1.165, 1.54) is 12.1 Å². The maximum absolute atomic E-state index is 12.7. The van der Waals surface area contributed by atoms with Gasteiger partial charge < -0.3 is 5.32 Å². The average Bonchev–Trinajstić information content (AvgIpc) is 2.68. The number of aryl methyl sites for hydroxylation is 1. The number of carbonyl (C=O) groups is 1. The Morgan fingerprint density at radius 1 is 0.966 bits per heavy atom. The summed E-state index contributed by atoms with van der Waals surface area (Å²) in [7, 11) is -4.04. The van der Waals surface area contributed by atoms with Gasteiger partial charge in [0, 0.05) is 17.8 Å². The van der Waals surface area contributed by atoms with Crippen LogP contribution in [0.25, 0.3) is 0 Å². The van der Waals surface area contributed by atoms with Gasteiger partial charge in [0.1, 0.15) is 0 Å². The van der Waals surface area contributed by atoms with Crippen LogP contribution in [-0.2, 0) is 10.0 Å². The molecule has 0 aromatic heterocycles. The van der Waals surface area contributed by atoms with E-state index in [0.29, 0.717) is 5.69 Å². The van der Waals surface area contributed by atoms with E-state index in [-0.39, 0.29) is 21.8 Å². The number of rotatable bonds is 6. The monoisotopic (exact) mass is 411 g/mol. The van der Waals surface area contributed by atoms with E-state index in [1.54, 1.807) is 30.3 Å². The Balaban J connectivity index is 1.86. The van der Waals surface area contributed by atoms with Gasteiger partial charge in [0.05, 0.1) is 21.1 Å². The average molecular weight is 411 g/mol. The van der Waals surface area contributed by atoms with E-state index >= 15 is 0 Å². The van der Waals surface area contributed by atoms with Crippen LogP contribution in [0.5, 0.6) is 0 Å². The van der Waals surface area contributed by atoms with E-state index in [1.807, 2.05) is 13.0 Å². The smallest absolute Gasteiger partial charge is 0.269 e. The van der Waals surface area contributed by atoms with Crippen LogP contribution in [0.3, 0.4) is 0 Å². The second-order valence-electron chi connectivity index (χ2n) is 6.23. The number of non-ortho nitro benzene ring substituents is 1. The van der Waals surface area contributed by atoms with Crippen LogP contribution < -0.4 is 10.0 Å². The molecule has 1 amide bonds. The van der Waals surface area contributed by atoms with Crippen molar-refractivity contribution in [3.63, 3.8) is 0 Å². The van der Waals surface area contributed by atoms with Gasteiger partial charge in [-0.3, -0.25) is 19.6 Å². The molecule has 0 atom stereocenters. The summed E-state index contributed by atoms with van der Waals surface area (Å²) in [6.07, 6.45) is 0. The summed E-state index contributed by atoms with van der Waals surface area (Å²) >= 11 is 0. The lowest BCUT2D eigenvalue weighted by atomic mass is 10.1. The summed E-state index contributed by atoms with van der Waals surface area (Å²) in [5.41, 5.74) is 1.57. The number of carbonyl (C=O) groups excluding carboxylic acids is 1. The standard InChI is InChI=1S/C20H17N3O5S/c1-14-5-4-6-15(13-14)21-20(24)18-7-2-3-8-19(18)22-29(27,28)17-11-9-16(10-12-17)23(25)26/h2-13,22H,1H3,(H,21,24). The molecule has 0 spiro atoms. The van der Waals surface area contributed by atoms with E-state index in [0.717, 1.165) is 29.8 Å². The first kappa shape index (κ1) is 20.0. The highest BCUT2D eigenvalue weighted by molar-refractivity contribution is 7.92. The third-order valence-electron chi connectivity index (χ3n) is 4.05. The second kappa shape index (κ2) is 8.11. The molecule has 9 heteroatoms. The van der Waals surface area contributed by atoms with Crippen LogP contribution in [0, 0.1) is 17.0 Å². The first-order chi connectivity index (χ1) is 13.8. The van der Waals surface area contributed by atoms with Crippen LogP contribution >= 0.6 is 0 Å². The second-order valence-corrected chi connectivity index (χ2v) is 7.91. The number of benzene rings is 3. The Kier molecular flexibility index (Phi) is 5.60. The summed E-state index contributed by atoms with van der Waals surface area (Å²) in [5.74, 6) is -0.474. The van der Waals surface area contributed by atoms with Gasteiger partial charge in [0.2, 0.25) is 0 Å². The molecule has 3 aromatic carbocycles. The number of nitro benzene ring substituents is 1. The van der Waals surface area contributed by atoms with Crippen molar-refractivity contribution in [2.75, 3.05) is 10.0 Å². The number of para-hydroxylation sites is 1. The summed E-state index contributed by atoms with van der Waals surface area (Å²) in [6, 6.07) is 17.9. The number of sulfonamides is 1. The minimum absolute atomic E-state index is 0.0935. The fraction of sp³-hybridized carbons (Fsp3) is 0.0500. The van der Waals surface area contributed by atoms with Crippen LogP contribution in [0.4, 0.5) is 17.1 Å². The molecule has 0 aliphatic rings. The molecule has 0 aliphatic heterocycles. The van der Waals surface area contributed by atoms with E-state index < -0.39 is 20.9 Å². The minimum atomic E-state index is -4.04. The summed E-state index contributed by atoms with van der Waals surface area (Å²) in [4.78, 5) is 22.6. The van der Waals surface area contributed by atoms with Gasteiger partial charge in [-0.2, -0.15) is 0 Å². The molecule has 148 valence electrons. The van der Waals surface area contributed by atoms with Crippen molar-refractivity contribution < 1.29 is 18.1 Å². The van der Waals surface area contributed by atoms with Crippen LogP contribution in [-0.4, -0.2) is 19.2 Å². The molecule has 2 N–H and O–H groups in total. The van der Waals surface area contributed by atoms with Crippen molar-refractivity contribution in [1.82, 2.24) is 0 Å². The number of amides is 1. The molecular weight excluding hydrogens is 394 g/mol. The number of nitro groups is 1. The summed E-state index contributed by atoms with van der Waals surface area (Å²) < 4.78 is 27.7. The minimum Gasteiger partial charge on any atom is -0.322 e. The van der Waals surface area contributed by atoms with Crippen molar-refractivity contribution in [2.24, 2.45) is 0 Å². The Labute approximate surface area is 167 Å². The Morgan fingerprint density at radius 3 is 2.31 bits per heavy atom. The number of anilines is 2. The van der Waals surface area contributed by atoms with E-state index in [4.69, 9.17) is 0 Å². The van der Waals surface area contributed by atoms with Crippen molar-refractivity contribution in [1.29, 1.82) is 0 Å². The van der Waals surface area contributed by atoms with Crippen LogP contribution in [0.15, 0.2) is 77.7 Å². The molecule has 0 saturated heterocycles. The lowest BCUT2D eigenvalue weighted by molar-refractivity contribution is -0.384. The Bertz CT molecular complexity index is 1170. The fourth-order valence-electron chi connectivity index (χ4n) is 2.64. The molecule has 0 heterocycles. The molecule has 3 aromatic rings. The molecule has 29 heavy (non-hydrogen) atoms. The zero-order valence-electron chi connectivity index (χ0n) is 15.3. The van der Waals surface area contributed by atoms with Crippen molar-refractivity contribution in [3.8, 4) is 0 Å². The number of nitrogens with zero attached hydrogens (tertiary/aromatic N) is 1. The van der Waals surface area contributed by atoms with Gasteiger partial charge in [0.15, 0.2) is 0 Å². The highest BCUT2D eigenvalue weighted by Crippen LogP contribution is 2.23. The normalized spacial score (nSPS) is 10.9. The first-order valence-corrected chi connectivity index (χ1v) is 9.99. The molecule has 0 fully saturated rings. The molecule has 0 radical (unpaired) electrons. The van der Waals surface area contributed by atoms with Gasteiger partial charge in [-0.25, -0.2) is 8.42 Å². The molecule has 0 unspecified atom stereocenters. The predicted octanol–water partition coefficient (Wildman–Crippen LogP) is 3.96. The number of hydrogen-bond donors (Lipinski definition) is 2. The van der Waals surface area contributed by atoms with Crippen molar-refractivity contribution in [2.45, 2.75) is 11.8 Å². The first-order valence-electron chi connectivity index (χ1n) is 8.50. The maximum atomic E-state index is 12.7. The van der Waals surface area contributed by atoms with Crippen LogP contribution in [0.1, 0.15) is 15.9 Å². The van der Waals surface area contributed by atoms with Gasteiger partial charge in [-0.05, 0) is 48.9 Å². The van der Waals surface area contributed by atoms with E-state index in [9.17, 15) is 23.3 Å². The third kappa shape index (κ3) is 4.77. The fourth-order valence-corrected chi connectivity index (χ4v) is 3.72. The number of hydrogen-bond acceptors (Lipinski definition) is 5. The maximum Gasteiger partial charge on any atom is 0.269 e. The zero-order chi connectivity index (χ0) is 21.0. The van der Waals surface area contributed by atoms with Gasteiger partial charge in [-0.1, -0.05) is 24.3 Å². The van der Waals surface area contributed by atoms with E-state index in [2.05, 4.69) is 10.0 Å². The predicted molar refractivity (Wildman–Crippen MR) is 109 cm³/mol. The molecule has 3 rings (SSSR count). The Hall–Kier alpha value is -3.72. The van der Waals surface area contributed by atoms with Crippen molar-refractivity contribution in [3.05, 3.63) is 94.0 Å². The third-order valence-corrected chi connectivity index (χ3v) is 5.43. The molecule has 0 saturated carbocycles. The molecular formula is C20H17N3O5S. The highest BCUT2D eigenvalue weighted by atomic mass is 32.2. The quantitative estimate of drug-likeness (QED) is 0.470. The van der Waals surface area contributed by atoms with Gasteiger partial charge in [-0.15, -0.1) is 0 Å². The Morgan fingerprint density at radius 2 is 1.66 bits per heavy atom. The topological polar surface area (TPSA) is 118 Å². The molecule has 0 bridgehead atoms. The SMILES string of the molecule is Cc1cccc(NC(=O)c2ccccc2NS(=O)(=O)c2ccc([N+](=O)[O-])cc2)c1.